The number of aliphatic hydroxyl groups excluding tert-OH is 1. The lowest BCUT2D eigenvalue weighted by molar-refractivity contribution is 0.162. The van der Waals surface area contributed by atoms with Crippen LogP contribution in [0.5, 0.6) is 0 Å². The Balaban J connectivity index is 1.85. The molecule has 0 aliphatic carbocycles. The minimum atomic E-state index is -0.334. The van der Waals surface area contributed by atoms with E-state index < -0.39 is 0 Å². The molecule has 0 saturated heterocycles. The van der Waals surface area contributed by atoms with E-state index in [4.69, 9.17) is 4.42 Å². The van der Waals surface area contributed by atoms with Crippen LogP contribution in [0.25, 0.3) is 0 Å². The average molecular weight is 295 g/mol. The highest BCUT2D eigenvalue weighted by Crippen LogP contribution is 2.19. The number of furan rings is 1. The molecule has 0 saturated carbocycles. The molecular formula is C14H15BrO2. The minimum Gasteiger partial charge on any atom is -0.469 e. The molecule has 0 radical (unpaired) electrons. The van der Waals surface area contributed by atoms with Crippen LogP contribution in [0.1, 0.15) is 17.7 Å². The number of benzene rings is 1. The summed E-state index contributed by atoms with van der Waals surface area (Å²) in [5.74, 6) is 0.927. The lowest BCUT2D eigenvalue weighted by Crippen LogP contribution is -2.11. The number of hydrogen-bond donors (Lipinski definition) is 1. The molecule has 0 fully saturated rings. The largest absolute Gasteiger partial charge is 0.469 e. The van der Waals surface area contributed by atoms with Crippen molar-refractivity contribution in [2.24, 2.45) is 0 Å². The minimum absolute atomic E-state index is 0.334. The van der Waals surface area contributed by atoms with Gasteiger partial charge in [0, 0.05) is 10.9 Å². The van der Waals surface area contributed by atoms with E-state index in [-0.39, 0.29) is 6.10 Å². The Morgan fingerprint density at radius 2 is 2.00 bits per heavy atom. The zero-order valence-corrected chi connectivity index (χ0v) is 11.1. The second-order valence-electron chi connectivity index (χ2n) is 4.07. The molecule has 0 aliphatic heterocycles. The first-order valence-corrected chi connectivity index (χ1v) is 6.49. The Hall–Kier alpha value is -1.06. The van der Waals surface area contributed by atoms with Gasteiger partial charge in [-0.25, -0.2) is 0 Å². The Bertz CT molecular complexity index is 451. The second kappa shape index (κ2) is 6.03. The lowest BCUT2D eigenvalue weighted by Gasteiger charge is -2.10. The van der Waals surface area contributed by atoms with E-state index in [0.717, 1.165) is 28.6 Å². The first kappa shape index (κ1) is 12.4. The zero-order valence-electron chi connectivity index (χ0n) is 9.47. The summed E-state index contributed by atoms with van der Waals surface area (Å²) in [5.41, 5.74) is 1.14. The van der Waals surface area contributed by atoms with Gasteiger partial charge in [0.2, 0.25) is 0 Å². The van der Waals surface area contributed by atoms with Crippen LogP contribution in [-0.2, 0) is 12.8 Å². The van der Waals surface area contributed by atoms with E-state index in [2.05, 4.69) is 15.9 Å². The van der Waals surface area contributed by atoms with E-state index in [1.54, 1.807) is 6.26 Å². The summed E-state index contributed by atoms with van der Waals surface area (Å²) in [5, 5.41) is 9.96. The molecule has 2 nitrogen and oxygen atoms in total. The van der Waals surface area contributed by atoms with Gasteiger partial charge in [0.05, 0.1) is 12.4 Å². The van der Waals surface area contributed by atoms with Crippen molar-refractivity contribution in [3.8, 4) is 0 Å². The molecule has 1 atom stereocenters. The summed E-state index contributed by atoms with van der Waals surface area (Å²) >= 11 is 3.48. The van der Waals surface area contributed by atoms with Gasteiger partial charge in [-0.05, 0) is 36.6 Å². The molecule has 1 N–H and O–H groups in total. The van der Waals surface area contributed by atoms with E-state index in [9.17, 15) is 5.11 Å². The molecule has 3 heteroatoms. The van der Waals surface area contributed by atoms with Crippen molar-refractivity contribution in [1.82, 2.24) is 0 Å². The molecule has 1 heterocycles. The normalized spacial score (nSPS) is 12.6. The van der Waals surface area contributed by atoms with E-state index in [0.29, 0.717) is 6.42 Å². The molecule has 0 amide bonds. The zero-order chi connectivity index (χ0) is 12.1. The van der Waals surface area contributed by atoms with Crippen LogP contribution in [0.4, 0.5) is 0 Å². The lowest BCUT2D eigenvalue weighted by atomic mass is 10.0. The summed E-state index contributed by atoms with van der Waals surface area (Å²) < 4.78 is 6.29. The van der Waals surface area contributed by atoms with Gasteiger partial charge in [0.1, 0.15) is 5.76 Å². The maximum Gasteiger partial charge on any atom is 0.103 e. The van der Waals surface area contributed by atoms with Gasteiger partial charge in [-0.15, -0.1) is 0 Å². The van der Waals surface area contributed by atoms with Crippen LogP contribution < -0.4 is 0 Å². The molecule has 1 unspecified atom stereocenters. The summed E-state index contributed by atoms with van der Waals surface area (Å²) in [4.78, 5) is 0. The SMILES string of the molecule is OC(CCc1ccco1)Cc1ccccc1Br. The summed E-state index contributed by atoms with van der Waals surface area (Å²) in [6.45, 7) is 0. The Kier molecular flexibility index (Phi) is 4.40. The predicted molar refractivity (Wildman–Crippen MR) is 70.9 cm³/mol. The van der Waals surface area contributed by atoms with E-state index >= 15 is 0 Å². The molecule has 17 heavy (non-hydrogen) atoms. The van der Waals surface area contributed by atoms with Gasteiger partial charge >= 0.3 is 0 Å². The highest BCUT2D eigenvalue weighted by molar-refractivity contribution is 9.10. The Morgan fingerprint density at radius 3 is 2.71 bits per heavy atom. The van der Waals surface area contributed by atoms with Crippen molar-refractivity contribution in [3.63, 3.8) is 0 Å². The predicted octanol–water partition coefficient (Wildman–Crippen LogP) is 3.58. The number of rotatable bonds is 5. The van der Waals surface area contributed by atoms with Crippen molar-refractivity contribution >= 4 is 15.9 Å². The van der Waals surface area contributed by atoms with Gasteiger partial charge in [-0.1, -0.05) is 34.1 Å². The first-order chi connectivity index (χ1) is 8.25. The van der Waals surface area contributed by atoms with Crippen molar-refractivity contribution in [2.75, 3.05) is 0 Å². The smallest absolute Gasteiger partial charge is 0.103 e. The fourth-order valence-corrected chi connectivity index (χ4v) is 2.23. The Morgan fingerprint density at radius 1 is 1.18 bits per heavy atom. The van der Waals surface area contributed by atoms with E-state index in [1.807, 2.05) is 36.4 Å². The third-order valence-electron chi connectivity index (χ3n) is 2.72. The fourth-order valence-electron chi connectivity index (χ4n) is 1.78. The molecule has 2 rings (SSSR count). The maximum atomic E-state index is 9.96. The fraction of sp³-hybridized carbons (Fsp3) is 0.286. The average Bonchev–Trinajstić information content (AvgIpc) is 2.82. The second-order valence-corrected chi connectivity index (χ2v) is 4.92. The molecule has 0 bridgehead atoms. The van der Waals surface area contributed by atoms with Crippen LogP contribution in [0.3, 0.4) is 0 Å². The highest BCUT2D eigenvalue weighted by Gasteiger charge is 2.09. The first-order valence-electron chi connectivity index (χ1n) is 5.69. The van der Waals surface area contributed by atoms with Crippen LogP contribution in [-0.4, -0.2) is 11.2 Å². The number of hydrogen-bond acceptors (Lipinski definition) is 2. The van der Waals surface area contributed by atoms with Crippen molar-refractivity contribution in [2.45, 2.75) is 25.4 Å². The summed E-state index contributed by atoms with van der Waals surface area (Å²) in [6.07, 6.45) is 3.49. The molecule has 0 spiro atoms. The summed E-state index contributed by atoms with van der Waals surface area (Å²) in [6, 6.07) is 11.8. The quantitative estimate of drug-likeness (QED) is 0.914. The third kappa shape index (κ3) is 3.72. The maximum absolute atomic E-state index is 9.96. The van der Waals surface area contributed by atoms with Gasteiger partial charge < -0.3 is 9.52 Å². The van der Waals surface area contributed by atoms with Crippen molar-refractivity contribution in [3.05, 3.63) is 58.5 Å². The van der Waals surface area contributed by atoms with Crippen molar-refractivity contribution in [1.29, 1.82) is 0 Å². The third-order valence-corrected chi connectivity index (χ3v) is 3.49. The highest BCUT2D eigenvalue weighted by atomic mass is 79.9. The monoisotopic (exact) mass is 294 g/mol. The Labute approximate surface area is 109 Å². The van der Waals surface area contributed by atoms with Crippen LogP contribution in [0, 0.1) is 0 Å². The van der Waals surface area contributed by atoms with Gasteiger partial charge in [-0.2, -0.15) is 0 Å². The molecular weight excluding hydrogens is 280 g/mol. The number of aliphatic hydroxyl groups is 1. The number of halogens is 1. The van der Waals surface area contributed by atoms with E-state index in [1.165, 1.54) is 0 Å². The van der Waals surface area contributed by atoms with Gasteiger partial charge in [0.15, 0.2) is 0 Å². The van der Waals surface area contributed by atoms with Crippen LogP contribution in [0.2, 0.25) is 0 Å². The standard InChI is InChI=1S/C14H15BrO2/c15-14-6-2-1-4-11(14)10-12(16)7-8-13-5-3-9-17-13/h1-6,9,12,16H,7-8,10H2. The van der Waals surface area contributed by atoms with Crippen molar-refractivity contribution < 1.29 is 9.52 Å². The summed E-state index contributed by atoms with van der Waals surface area (Å²) in [7, 11) is 0. The topological polar surface area (TPSA) is 33.4 Å². The number of aryl methyl sites for hydroxylation is 1. The van der Waals surface area contributed by atoms with Gasteiger partial charge in [-0.3, -0.25) is 0 Å². The molecule has 2 aromatic rings. The van der Waals surface area contributed by atoms with Gasteiger partial charge in [0.25, 0.3) is 0 Å². The molecule has 1 aromatic heterocycles. The van der Waals surface area contributed by atoms with Crippen LogP contribution in [0.15, 0.2) is 51.6 Å². The molecule has 1 aromatic carbocycles. The van der Waals surface area contributed by atoms with Crippen LogP contribution >= 0.6 is 15.9 Å². The molecule has 0 aliphatic rings. The molecule has 90 valence electrons.